The summed E-state index contributed by atoms with van der Waals surface area (Å²) >= 11 is 3.44. The highest BCUT2D eigenvalue weighted by Crippen LogP contribution is 2.36. The Hall–Kier alpha value is -3.05. The van der Waals surface area contributed by atoms with Gasteiger partial charge in [0.25, 0.3) is 0 Å². The van der Waals surface area contributed by atoms with Crippen molar-refractivity contribution in [3.05, 3.63) is 94.0 Å². The number of carbonyl (C=O) groups is 1. The monoisotopic (exact) mass is 452 g/mol. The van der Waals surface area contributed by atoms with Gasteiger partial charge in [0, 0.05) is 4.47 Å². The second kappa shape index (κ2) is 9.94. The van der Waals surface area contributed by atoms with Crippen molar-refractivity contribution >= 4 is 27.8 Å². The van der Waals surface area contributed by atoms with E-state index in [4.69, 9.17) is 14.2 Å². The molecule has 0 saturated carbocycles. The van der Waals surface area contributed by atoms with Crippen LogP contribution in [0.2, 0.25) is 0 Å². The summed E-state index contributed by atoms with van der Waals surface area (Å²) in [5.74, 6) is 1.51. The van der Waals surface area contributed by atoms with Crippen LogP contribution in [0, 0.1) is 0 Å². The lowest BCUT2D eigenvalue weighted by molar-refractivity contribution is 0.104. The van der Waals surface area contributed by atoms with E-state index < -0.39 is 0 Å². The van der Waals surface area contributed by atoms with Gasteiger partial charge >= 0.3 is 0 Å². The molecule has 148 valence electrons. The number of methoxy groups -OCH3 is 2. The molecule has 0 amide bonds. The standard InChI is InChI=1S/C24H21BrO4/c1-27-20-11-8-18(9-12-20)16-29-24-21(14-19(25)15-23(24)28-2)22(26)13-10-17-6-4-3-5-7-17/h3-15H,16H2,1-2H3/b13-10+. The fourth-order valence-electron chi connectivity index (χ4n) is 2.76. The number of halogens is 1. The van der Waals surface area contributed by atoms with Gasteiger partial charge in [-0.3, -0.25) is 4.79 Å². The van der Waals surface area contributed by atoms with E-state index in [0.29, 0.717) is 23.7 Å². The smallest absolute Gasteiger partial charge is 0.189 e. The van der Waals surface area contributed by atoms with Crippen LogP contribution in [0.1, 0.15) is 21.5 Å². The van der Waals surface area contributed by atoms with Gasteiger partial charge in [-0.05, 0) is 41.5 Å². The molecule has 0 saturated heterocycles. The maximum absolute atomic E-state index is 12.9. The van der Waals surface area contributed by atoms with E-state index in [1.54, 1.807) is 32.4 Å². The first kappa shape index (κ1) is 20.7. The number of rotatable bonds is 8. The molecule has 0 aliphatic carbocycles. The molecule has 0 bridgehead atoms. The molecule has 0 unspecified atom stereocenters. The van der Waals surface area contributed by atoms with E-state index in [2.05, 4.69) is 15.9 Å². The van der Waals surface area contributed by atoms with Crippen LogP contribution >= 0.6 is 15.9 Å². The number of hydrogen-bond donors (Lipinski definition) is 0. The van der Waals surface area contributed by atoms with Crippen molar-refractivity contribution in [2.24, 2.45) is 0 Å². The minimum Gasteiger partial charge on any atom is -0.497 e. The molecule has 0 aliphatic heterocycles. The van der Waals surface area contributed by atoms with Gasteiger partial charge in [-0.1, -0.05) is 64.5 Å². The van der Waals surface area contributed by atoms with Crippen molar-refractivity contribution in [1.29, 1.82) is 0 Å². The molecule has 0 heterocycles. The molecular formula is C24H21BrO4. The molecule has 3 aromatic rings. The highest BCUT2D eigenvalue weighted by Gasteiger charge is 2.17. The fraction of sp³-hybridized carbons (Fsp3) is 0.125. The maximum Gasteiger partial charge on any atom is 0.189 e. The zero-order valence-corrected chi connectivity index (χ0v) is 17.8. The Labute approximate surface area is 178 Å². The molecule has 3 aromatic carbocycles. The molecule has 3 rings (SSSR count). The van der Waals surface area contributed by atoms with Gasteiger partial charge in [0.2, 0.25) is 0 Å². The van der Waals surface area contributed by atoms with Gasteiger partial charge < -0.3 is 14.2 Å². The molecule has 0 aliphatic rings. The summed E-state index contributed by atoms with van der Waals surface area (Å²) in [4.78, 5) is 12.9. The summed E-state index contributed by atoms with van der Waals surface area (Å²) in [5.41, 5.74) is 2.33. The summed E-state index contributed by atoms with van der Waals surface area (Å²) in [6, 6.07) is 20.7. The van der Waals surface area contributed by atoms with Crippen molar-refractivity contribution < 1.29 is 19.0 Å². The summed E-state index contributed by atoms with van der Waals surface area (Å²) in [6.45, 7) is 0.296. The molecule has 5 heteroatoms. The molecule has 0 N–H and O–H groups in total. The number of benzene rings is 3. The Kier molecular flexibility index (Phi) is 7.09. The summed E-state index contributed by atoms with van der Waals surface area (Å²) in [5, 5.41) is 0. The summed E-state index contributed by atoms with van der Waals surface area (Å²) in [7, 11) is 3.18. The zero-order valence-electron chi connectivity index (χ0n) is 16.2. The Bertz CT molecular complexity index is 995. The largest absolute Gasteiger partial charge is 0.497 e. The number of allylic oxidation sites excluding steroid dienone is 1. The topological polar surface area (TPSA) is 44.8 Å². The van der Waals surface area contributed by atoms with Gasteiger partial charge in [-0.25, -0.2) is 0 Å². The van der Waals surface area contributed by atoms with E-state index >= 15 is 0 Å². The van der Waals surface area contributed by atoms with E-state index in [9.17, 15) is 4.79 Å². The first-order valence-corrected chi connectivity index (χ1v) is 9.80. The Morgan fingerprint density at radius 3 is 2.34 bits per heavy atom. The van der Waals surface area contributed by atoms with Gasteiger partial charge in [0.05, 0.1) is 19.8 Å². The maximum atomic E-state index is 12.9. The van der Waals surface area contributed by atoms with Crippen LogP contribution in [-0.2, 0) is 6.61 Å². The molecule has 0 spiro atoms. The predicted molar refractivity (Wildman–Crippen MR) is 118 cm³/mol. The second-order valence-electron chi connectivity index (χ2n) is 6.23. The third-order valence-electron chi connectivity index (χ3n) is 4.27. The van der Waals surface area contributed by atoms with Gasteiger partial charge in [0.15, 0.2) is 17.3 Å². The minimum atomic E-state index is -0.168. The third-order valence-corrected chi connectivity index (χ3v) is 4.73. The molecule has 0 aromatic heterocycles. The van der Waals surface area contributed by atoms with Crippen molar-refractivity contribution in [3.8, 4) is 17.2 Å². The number of ether oxygens (including phenoxy) is 3. The van der Waals surface area contributed by atoms with Crippen LogP contribution in [-0.4, -0.2) is 20.0 Å². The minimum absolute atomic E-state index is 0.168. The van der Waals surface area contributed by atoms with Gasteiger partial charge in [0.1, 0.15) is 12.4 Å². The number of ketones is 1. The lowest BCUT2D eigenvalue weighted by atomic mass is 10.1. The third kappa shape index (κ3) is 5.48. The van der Waals surface area contributed by atoms with E-state index in [0.717, 1.165) is 21.3 Å². The van der Waals surface area contributed by atoms with Crippen LogP contribution in [0.25, 0.3) is 6.08 Å². The quantitative estimate of drug-likeness (QED) is 0.313. The van der Waals surface area contributed by atoms with E-state index in [-0.39, 0.29) is 5.78 Å². The fourth-order valence-corrected chi connectivity index (χ4v) is 3.19. The van der Waals surface area contributed by atoms with Crippen molar-refractivity contribution in [2.75, 3.05) is 14.2 Å². The Morgan fingerprint density at radius 2 is 1.69 bits per heavy atom. The SMILES string of the molecule is COc1ccc(COc2c(OC)cc(Br)cc2C(=O)/C=C/c2ccccc2)cc1. The average molecular weight is 453 g/mol. The van der Waals surface area contributed by atoms with Crippen molar-refractivity contribution in [1.82, 2.24) is 0 Å². The van der Waals surface area contributed by atoms with Crippen LogP contribution in [0.5, 0.6) is 17.2 Å². The highest BCUT2D eigenvalue weighted by molar-refractivity contribution is 9.10. The molecular weight excluding hydrogens is 432 g/mol. The molecule has 0 atom stereocenters. The average Bonchev–Trinajstić information content (AvgIpc) is 2.77. The normalized spacial score (nSPS) is 10.7. The van der Waals surface area contributed by atoms with Crippen LogP contribution in [0.15, 0.2) is 77.3 Å². The predicted octanol–water partition coefficient (Wildman–Crippen LogP) is 5.94. The molecule has 0 fully saturated rings. The van der Waals surface area contributed by atoms with E-state index in [1.165, 1.54) is 6.08 Å². The summed E-state index contributed by atoms with van der Waals surface area (Å²) in [6.07, 6.45) is 3.32. The molecule has 0 radical (unpaired) electrons. The van der Waals surface area contributed by atoms with Gasteiger partial charge in [-0.2, -0.15) is 0 Å². The summed E-state index contributed by atoms with van der Waals surface area (Å²) < 4.78 is 17.4. The van der Waals surface area contributed by atoms with Crippen molar-refractivity contribution in [2.45, 2.75) is 6.61 Å². The molecule has 29 heavy (non-hydrogen) atoms. The Morgan fingerprint density at radius 1 is 0.966 bits per heavy atom. The van der Waals surface area contributed by atoms with Crippen LogP contribution in [0.4, 0.5) is 0 Å². The van der Waals surface area contributed by atoms with E-state index in [1.807, 2.05) is 54.6 Å². The van der Waals surface area contributed by atoms with Crippen molar-refractivity contribution in [3.63, 3.8) is 0 Å². The van der Waals surface area contributed by atoms with Gasteiger partial charge in [-0.15, -0.1) is 0 Å². The lowest BCUT2D eigenvalue weighted by Crippen LogP contribution is -2.05. The first-order chi connectivity index (χ1) is 14.1. The van der Waals surface area contributed by atoms with Crippen LogP contribution in [0.3, 0.4) is 0 Å². The zero-order chi connectivity index (χ0) is 20.6. The highest BCUT2D eigenvalue weighted by atomic mass is 79.9. The molecule has 4 nitrogen and oxygen atoms in total. The number of hydrogen-bond acceptors (Lipinski definition) is 4. The number of carbonyl (C=O) groups excluding carboxylic acids is 1. The second-order valence-corrected chi connectivity index (χ2v) is 7.15. The lowest BCUT2D eigenvalue weighted by Gasteiger charge is -2.15. The Balaban J connectivity index is 1.86. The van der Waals surface area contributed by atoms with Crippen LogP contribution < -0.4 is 14.2 Å². The first-order valence-electron chi connectivity index (χ1n) is 9.01.